The summed E-state index contributed by atoms with van der Waals surface area (Å²) in [5.41, 5.74) is 2.47. The summed E-state index contributed by atoms with van der Waals surface area (Å²) in [5, 5.41) is 20.1. The molecular formula is C33H43ClN10O4. The van der Waals surface area contributed by atoms with Gasteiger partial charge in [-0.3, -0.25) is 9.58 Å². The first-order valence-corrected chi connectivity index (χ1v) is 17.3. The van der Waals surface area contributed by atoms with E-state index in [1.165, 1.54) is 0 Å². The zero-order valence-corrected chi connectivity index (χ0v) is 28.0. The van der Waals surface area contributed by atoms with Crippen molar-refractivity contribution in [1.29, 1.82) is 0 Å². The Labute approximate surface area is 285 Å². The molecule has 2 saturated heterocycles. The van der Waals surface area contributed by atoms with E-state index in [-0.39, 0.29) is 6.10 Å². The van der Waals surface area contributed by atoms with E-state index in [1.54, 1.807) is 23.4 Å². The van der Waals surface area contributed by atoms with E-state index in [9.17, 15) is 0 Å². The Morgan fingerprint density at radius 1 is 1.00 bits per heavy atom. The largest absolute Gasteiger partial charge is 0.487 e. The maximum atomic E-state index is 6.47. The van der Waals surface area contributed by atoms with Crippen LogP contribution < -0.4 is 14.8 Å². The number of anilines is 2. The van der Waals surface area contributed by atoms with Gasteiger partial charge in [-0.2, -0.15) is 0 Å². The fourth-order valence-corrected chi connectivity index (χ4v) is 6.90. The molecular weight excluding hydrogens is 636 g/mol. The predicted molar refractivity (Wildman–Crippen MR) is 179 cm³/mol. The molecule has 5 heterocycles. The fourth-order valence-electron chi connectivity index (χ4n) is 6.74. The molecule has 3 aliphatic rings. The molecule has 7 rings (SSSR count). The van der Waals surface area contributed by atoms with Crippen molar-refractivity contribution in [3.05, 3.63) is 48.1 Å². The van der Waals surface area contributed by atoms with Crippen LogP contribution in [-0.2, 0) is 16.0 Å². The van der Waals surface area contributed by atoms with Gasteiger partial charge < -0.3 is 24.3 Å². The third kappa shape index (κ3) is 8.23. The van der Waals surface area contributed by atoms with E-state index < -0.39 is 0 Å². The van der Waals surface area contributed by atoms with Crippen LogP contribution in [0.3, 0.4) is 0 Å². The number of hydrogen-bond donors (Lipinski definition) is 1. The molecule has 14 nitrogen and oxygen atoms in total. The lowest BCUT2D eigenvalue weighted by Crippen LogP contribution is -2.45. The number of tetrazole rings is 1. The highest BCUT2D eigenvalue weighted by molar-refractivity contribution is 6.32. The fraction of sp³-hybridized carbons (Fsp3) is 0.576. The number of nitrogens with one attached hydrogen (secondary N) is 1. The van der Waals surface area contributed by atoms with Crippen molar-refractivity contribution in [1.82, 2.24) is 44.9 Å². The summed E-state index contributed by atoms with van der Waals surface area (Å²) >= 11 is 6.47. The van der Waals surface area contributed by atoms with Crippen LogP contribution in [0.4, 0.5) is 11.6 Å². The Morgan fingerprint density at radius 3 is 2.56 bits per heavy atom. The van der Waals surface area contributed by atoms with Crippen LogP contribution in [0.5, 0.6) is 11.6 Å². The summed E-state index contributed by atoms with van der Waals surface area (Å²) in [6, 6.07) is 6.56. The average Bonchev–Trinajstić information content (AvgIpc) is 3.79. The molecule has 1 aliphatic carbocycles. The quantitative estimate of drug-likeness (QED) is 0.220. The number of aromatic nitrogens is 8. The minimum atomic E-state index is -0.202. The van der Waals surface area contributed by atoms with Gasteiger partial charge in [0.25, 0.3) is 5.88 Å². The van der Waals surface area contributed by atoms with E-state index in [2.05, 4.69) is 40.4 Å². The number of morpholine rings is 1. The molecule has 0 amide bonds. The number of ether oxygens (including phenoxy) is 4. The molecule has 2 atom stereocenters. The molecule has 3 aromatic heterocycles. The average molecular weight is 679 g/mol. The lowest BCUT2D eigenvalue weighted by Gasteiger charge is -2.38. The smallest absolute Gasteiger partial charge is 0.256 e. The number of benzene rings is 1. The summed E-state index contributed by atoms with van der Waals surface area (Å²) in [4.78, 5) is 11.9. The predicted octanol–water partition coefficient (Wildman–Crippen LogP) is 4.81. The van der Waals surface area contributed by atoms with Gasteiger partial charge in [-0.05, 0) is 73.6 Å². The van der Waals surface area contributed by atoms with Crippen LogP contribution in [0.25, 0.3) is 11.1 Å². The summed E-state index contributed by atoms with van der Waals surface area (Å²) in [5.74, 6) is 1.94. The van der Waals surface area contributed by atoms with Gasteiger partial charge in [0.2, 0.25) is 5.95 Å². The van der Waals surface area contributed by atoms with Crippen molar-refractivity contribution in [2.24, 2.45) is 5.92 Å². The molecule has 48 heavy (non-hydrogen) atoms. The summed E-state index contributed by atoms with van der Waals surface area (Å²) < 4.78 is 27.4. The van der Waals surface area contributed by atoms with E-state index in [4.69, 9.17) is 35.6 Å². The van der Waals surface area contributed by atoms with Gasteiger partial charge in [0, 0.05) is 49.6 Å². The van der Waals surface area contributed by atoms with E-state index in [0.29, 0.717) is 53.8 Å². The minimum absolute atomic E-state index is 0.202. The summed E-state index contributed by atoms with van der Waals surface area (Å²) in [7, 11) is 0. The molecule has 0 radical (unpaired) electrons. The molecule has 1 aromatic carbocycles. The van der Waals surface area contributed by atoms with Crippen molar-refractivity contribution in [2.45, 2.75) is 70.2 Å². The number of nitrogens with zero attached hydrogens (tertiary/aromatic N) is 9. The first-order chi connectivity index (χ1) is 23.6. The summed E-state index contributed by atoms with van der Waals surface area (Å²) in [6.07, 6.45) is 13.6. The molecule has 3 fully saturated rings. The van der Waals surface area contributed by atoms with Crippen LogP contribution in [-0.4, -0.2) is 103 Å². The molecule has 2 aliphatic heterocycles. The topological polar surface area (TPSA) is 139 Å². The van der Waals surface area contributed by atoms with Gasteiger partial charge in [0.15, 0.2) is 0 Å². The van der Waals surface area contributed by atoms with Crippen molar-refractivity contribution in [3.63, 3.8) is 0 Å². The standard InChI is InChI=1S/C33H43ClN10O4/c1-23(18-43-22-37-40-41-43)48-31-15-25(4-9-29(31)34)26-16-35-33(36-17-26)38-30-19-44(39-32(30)47-21-24-3-2-12-46-20-24)28-7-5-27(6-8-28)42-10-13-45-14-11-42/h4,9,15-17,19,22-24,27-28H,2-3,5-8,10-14,18,20-21H2,1H3,(H,35,36,38)/t23-,24?,27?,28?/m0/s1. The van der Waals surface area contributed by atoms with Gasteiger partial charge >= 0.3 is 0 Å². The first kappa shape index (κ1) is 32.7. The van der Waals surface area contributed by atoms with Crippen molar-refractivity contribution in [2.75, 3.05) is 51.4 Å². The third-order valence-electron chi connectivity index (χ3n) is 9.34. The van der Waals surface area contributed by atoms with Crippen LogP contribution in [0.15, 0.2) is 43.1 Å². The lowest BCUT2D eigenvalue weighted by molar-refractivity contribution is 0.00498. The zero-order valence-electron chi connectivity index (χ0n) is 27.3. The van der Waals surface area contributed by atoms with Gasteiger partial charge in [-0.15, -0.1) is 10.2 Å². The Morgan fingerprint density at radius 2 is 1.81 bits per heavy atom. The second-order valence-corrected chi connectivity index (χ2v) is 13.3. The Hall–Kier alpha value is -3.85. The zero-order chi connectivity index (χ0) is 32.7. The monoisotopic (exact) mass is 678 g/mol. The second-order valence-electron chi connectivity index (χ2n) is 12.9. The normalized spacial score (nSPS) is 22.7. The van der Waals surface area contributed by atoms with Crippen molar-refractivity contribution < 1.29 is 18.9 Å². The van der Waals surface area contributed by atoms with E-state index >= 15 is 0 Å². The molecule has 0 spiro atoms. The number of hydrogen-bond acceptors (Lipinski definition) is 12. The molecule has 1 saturated carbocycles. The first-order valence-electron chi connectivity index (χ1n) is 17.0. The van der Waals surface area contributed by atoms with Gasteiger partial charge in [-0.1, -0.05) is 17.7 Å². The Kier molecular flexibility index (Phi) is 10.6. The molecule has 15 heteroatoms. The maximum absolute atomic E-state index is 6.47. The highest BCUT2D eigenvalue weighted by atomic mass is 35.5. The second kappa shape index (κ2) is 15.6. The number of rotatable bonds is 12. The van der Waals surface area contributed by atoms with Crippen LogP contribution in [0.2, 0.25) is 5.02 Å². The molecule has 1 N–H and O–H groups in total. The van der Waals surface area contributed by atoms with E-state index in [0.717, 1.165) is 94.9 Å². The van der Waals surface area contributed by atoms with Crippen LogP contribution >= 0.6 is 11.6 Å². The highest BCUT2D eigenvalue weighted by Crippen LogP contribution is 2.36. The van der Waals surface area contributed by atoms with Crippen LogP contribution in [0.1, 0.15) is 51.5 Å². The van der Waals surface area contributed by atoms with Gasteiger partial charge in [-0.25, -0.2) is 14.6 Å². The van der Waals surface area contributed by atoms with Crippen LogP contribution in [0, 0.1) is 5.92 Å². The van der Waals surface area contributed by atoms with Gasteiger partial charge in [0.1, 0.15) is 23.9 Å². The molecule has 0 bridgehead atoms. The lowest BCUT2D eigenvalue weighted by atomic mass is 9.90. The Bertz CT molecular complexity index is 1580. The highest BCUT2D eigenvalue weighted by Gasteiger charge is 2.29. The summed E-state index contributed by atoms with van der Waals surface area (Å²) in [6.45, 7) is 8.26. The molecule has 4 aromatic rings. The maximum Gasteiger partial charge on any atom is 0.256 e. The van der Waals surface area contributed by atoms with Gasteiger partial charge in [0.05, 0.1) is 50.2 Å². The molecule has 1 unspecified atom stereocenters. The third-order valence-corrected chi connectivity index (χ3v) is 9.65. The van der Waals surface area contributed by atoms with Crippen molar-refractivity contribution in [3.8, 4) is 22.8 Å². The minimum Gasteiger partial charge on any atom is -0.487 e. The Balaban J connectivity index is 1.03. The molecule has 256 valence electrons. The van der Waals surface area contributed by atoms with E-state index in [1.807, 2.05) is 31.3 Å². The number of halogens is 1. The SMILES string of the molecule is C[C@@H](Cn1cnnn1)Oc1cc(-c2cnc(Nc3cn(C4CCC(N5CCOCC5)CC4)nc3OCC3CCCOC3)nc2)ccc1Cl. The van der Waals surface area contributed by atoms with Crippen molar-refractivity contribution >= 4 is 23.2 Å².